The Bertz CT molecular complexity index is 1030. The average molecular weight is 437 g/mol. The predicted octanol–water partition coefficient (Wildman–Crippen LogP) is 1.78. The van der Waals surface area contributed by atoms with Gasteiger partial charge in [0.05, 0.1) is 7.11 Å². The van der Waals surface area contributed by atoms with E-state index in [1.54, 1.807) is 29.2 Å². The van der Waals surface area contributed by atoms with Crippen molar-refractivity contribution in [1.82, 2.24) is 9.21 Å². The number of nitrogens with zero attached hydrogens (tertiary/aromatic N) is 2. The predicted molar refractivity (Wildman–Crippen MR) is 110 cm³/mol. The third-order valence-corrected chi connectivity index (χ3v) is 6.89. The molecule has 10 heteroatoms. The van der Waals surface area contributed by atoms with E-state index in [0.717, 1.165) is 0 Å². The number of carbonyl (C=O) groups excluding carboxylic acids is 1. The largest absolute Gasteiger partial charge is 0.495 e. The lowest BCUT2D eigenvalue weighted by atomic mass is 10.1. The summed E-state index contributed by atoms with van der Waals surface area (Å²) in [7, 11) is -2.39. The molecule has 1 amide bonds. The maximum Gasteiger partial charge on any atom is 0.253 e. The molecule has 2 aromatic rings. The van der Waals surface area contributed by atoms with Crippen LogP contribution in [0.3, 0.4) is 0 Å². The summed E-state index contributed by atoms with van der Waals surface area (Å²) in [4.78, 5) is 14.3. The van der Waals surface area contributed by atoms with Crippen LogP contribution in [0.5, 0.6) is 5.75 Å². The van der Waals surface area contributed by atoms with Gasteiger partial charge in [0.1, 0.15) is 16.5 Å². The molecule has 1 saturated heterocycles. The van der Waals surface area contributed by atoms with Gasteiger partial charge >= 0.3 is 0 Å². The topological polar surface area (TPSA) is 117 Å². The van der Waals surface area contributed by atoms with Crippen LogP contribution in [-0.4, -0.2) is 62.7 Å². The fraction of sp³-hybridized carbons (Fsp3) is 0.263. The SMILES string of the molecule is COc1cc(Cl)ccc1S(=O)(=O)N1CCN(C(=O)c2ccc(C(=N)N)cc2)CC1. The molecular weight excluding hydrogens is 416 g/mol. The molecule has 0 radical (unpaired) electrons. The molecule has 0 aromatic heterocycles. The van der Waals surface area contributed by atoms with E-state index in [1.165, 1.54) is 29.6 Å². The third kappa shape index (κ3) is 4.36. The molecule has 1 aliphatic rings. The maximum atomic E-state index is 13.0. The molecule has 2 aromatic carbocycles. The number of methoxy groups -OCH3 is 1. The van der Waals surface area contributed by atoms with E-state index in [2.05, 4.69) is 0 Å². The number of ether oxygens (including phenoxy) is 1. The molecule has 0 spiro atoms. The first-order valence-corrected chi connectivity index (χ1v) is 10.6. The van der Waals surface area contributed by atoms with Gasteiger partial charge in [0, 0.05) is 48.4 Å². The van der Waals surface area contributed by atoms with Gasteiger partial charge in [-0.15, -0.1) is 0 Å². The number of halogens is 1. The lowest BCUT2D eigenvalue weighted by Gasteiger charge is -2.34. The molecule has 1 aliphatic heterocycles. The summed E-state index contributed by atoms with van der Waals surface area (Å²) in [6, 6.07) is 10.8. The van der Waals surface area contributed by atoms with Gasteiger partial charge in [0.15, 0.2) is 0 Å². The van der Waals surface area contributed by atoms with Crippen molar-refractivity contribution in [2.24, 2.45) is 5.73 Å². The van der Waals surface area contributed by atoms with Crippen molar-refractivity contribution >= 4 is 33.4 Å². The molecule has 3 rings (SSSR count). The van der Waals surface area contributed by atoms with Crippen molar-refractivity contribution in [3.63, 3.8) is 0 Å². The van der Waals surface area contributed by atoms with Gasteiger partial charge in [0.2, 0.25) is 10.0 Å². The molecule has 0 bridgehead atoms. The van der Waals surface area contributed by atoms with Crippen molar-refractivity contribution in [2.45, 2.75) is 4.90 Å². The number of amides is 1. The second-order valence-corrected chi connectivity index (χ2v) is 8.83. The fourth-order valence-corrected chi connectivity index (χ4v) is 4.82. The highest BCUT2D eigenvalue weighted by atomic mass is 35.5. The van der Waals surface area contributed by atoms with Gasteiger partial charge in [-0.2, -0.15) is 4.31 Å². The van der Waals surface area contributed by atoms with E-state index in [0.29, 0.717) is 16.1 Å². The highest BCUT2D eigenvalue weighted by Crippen LogP contribution is 2.30. The van der Waals surface area contributed by atoms with Crippen LogP contribution in [0, 0.1) is 5.41 Å². The number of hydrogen-bond acceptors (Lipinski definition) is 5. The number of sulfonamides is 1. The smallest absolute Gasteiger partial charge is 0.253 e. The van der Waals surface area contributed by atoms with Crippen LogP contribution in [0.25, 0.3) is 0 Å². The molecule has 29 heavy (non-hydrogen) atoms. The van der Waals surface area contributed by atoms with Crippen LogP contribution in [0.15, 0.2) is 47.4 Å². The second kappa shape index (κ2) is 8.40. The molecule has 3 N–H and O–H groups in total. The lowest BCUT2D eigenvalue weighted by Crippen LogP contribution is -2.50. The number of nitrogens with two attached hydrogens (primary N) is 1. The zero-order chi connectivity index (χ0) is 21.2. The lowest BCUT2D eigenvalue weighted by molar-refractivity contribution is 0.0698. The summed E-state index contributed by atoms with van der Waals surface area (Å²) in [6.07, 6.45) is 0. The minimum atomic E-state index is -3.78. The van der Waals surface area contributed by atoms with E-state index in [1.807, 2.05) is 0 Å². The first-order chi connectivity index (χ1) is 13.7. The van der Waals surface area contributed by atoms with Crippen LogP contribution in [0.2, 0.25) is 5.02 Å². The third-order valence-electron chi connectivity index (χ3n) is 4.71. The fourth-order valence-electron chi connectivity index (χ4n) is 3.10. The molecule has 0 aliphatic carbocycles. The molecule has 8 nitrogen and oxygen atoms in total. The van der Waals surface area contributed by atoms with Crippen molar-refractivity contribution in [2.75, 3.05) is 33.3 Å². The molecule has 1 heterocycles. The maximum absolute atomic E-state index is 13.0. The first-order valence-electron chi connectivity index (χ1n) is 8.81. The number of nitrogens with one attached hydrogen (secondary N) is 1. The van der Waals surface area contributed by atoms with E-state index >= 15 is 0 Å². The number of rotatable bonds is 5. The summed E-state index contributed by atoms with van der Waals surface area (Å²) in [5, 5.41) is 7.79. The van der Waals surface area contributed by atoms with Gasteiger partial charge < -0.3 is 15.4 Å². The van der Waals surface area contributed by atoms with Gasteiger partial charge in [-0.3, -0.25) is 10.2 Å². The van der Waals surface area contributed by atoms with E-state index < -0.39 is 10.0 Å². The number of benzene rings is 2. The molecule has 0 saturated carbocycles. The number of piperazine rings is 1. The van der Waals surface area contributed by atoms with Crippen molar-refractivity contribution in [3.8, 4) is 5.75 Å². The molecule has 154 valence electrons. The van der Waals surface area contributed by atoms with Crippen LogP contribution >= 0.6 is 11.6 Å². The first kappa shape index (κ1) is 21.1. The van der Waals surface area contributed by atoms with E-state index in [4.69, 9.17) is 27.5 Å². The minimum Gasteiger partial charge on any atom is -0.495 e. The Morgan fingerprint density at radius 1 is 1.07 bits per heavy atom. The normalized spacial score (nSPS) is 15.2. The quantitative estimate of drug-likeness (QED) is 0.547. The Morgan fingerprint density at radius 3 is 2.21 bits per heavy atom. The van der Waals surface area contributed by atoms with Crippen molar-refractivity contribution in [3.05, 3.63) is 58.6 Å². The molecule has 1 fully saturated rings. The number of carbonyl (C=O) groups is 1. The summed E-state index contributed by atoms with van der Waals surface area (Å²) < 4.78 is 32.5. The van der Waals surface area contributed by atoms with Crippen LogP contribution in [0.4, 0.5) is 0 Å². The van der Waals surface area contributed by atoms with Gasteiger partial charge in [-0.1, -0.05) is 23.7 Å². The Morgan fingerprint density at radius 2 is 1.66 bits per heavy atom. The summed E-state index contributed by atoms with van der Waals surface area (Å²) in [5.74, 6) is -0.0803. The van der Waals surface area contributed by atoms with Crippen LogP contribution in [-0.2, 0) is 10.0 Å². The zero-order valence-corrected chi connectivity index (χ0v) is 17.3. The standard InChI is InChI=1S/C19H21ClN4O4S/c1-28-16-12-15(20)6-7-17(16)29(26,27)24-10-8-23(9-11-24)19(25)14-4-2-13(3-5-14)18(21)22/h2-7,12H,8-11H2,1H3,(H3,21,22). The number of hydrogen-bond donors (Lipinski definition) is 2. The highest BCUT2D eigenvalue weighted by Gasteiger charge is 2.32. The number of amidine groups is 1. The molecular formula is C19H21ClN4O4S. The molecule has 0 atom stereocenters. The Labute approximate surface area is 174 Å². The Hall–Kier alpha value is -2.62. The van der Waals surface area contributed by atoms with Gasteiger partial charge in [0.25, 0.3) is 5.91 Å². The summed E-state index contributed by atoms with van der Waals surface area (Å²) >= 11 is 5.92. The molecule has 0 unspecified atom stereocenters. The van der Waals surface area contributed by atoms with E-state index in [9.17, 15) is 13.2 Å². The van der Waals surface area contributed by atoms with Crippen molar-refractivity contribution < 1.29 is 17.9 Å². The van der Waals surface area contributed by atoms with Gasteiger partial charge in [-0.25, -0.2) is 8.42 Å². The van der Waals surface area contributed by atoms with Crippen LogP contribution < -0.4 is 10.5 Å². The summed E-state index contributed by atoms with van der Waals surface area (Å²) in [6.45, 7) is 0.877. The van der Waals surface area contributed by atoms with E-state index in [-0.39, 0.29) is 48.6 Å². The zero-order valence-electron chi connectivity index (χ0n) is 15.8. The number of nitrogen functional groups attached to an aromatic ring is 1. The van der Waals surface area contributed by atoms with Crippen molar-refractivity contribution in [1.29, 1.82) is 5.41 Å². The second-order valence-electron chi connectivity index (χ2n) is 6.48. The summed E-state index contributed by atoms with van der Waals surface area (Å²) in [5.41, 5.74) is 6.42. The Balaban J connectivity index is 1.71. The van der Waals surface area contributed by atoms with Gasteiger partial charge in [-0.05, 0) is 24.3 Å². The van der Waals surface area contributed by atoms with Crippen LogP contribution in [0.1, 0.15) is 15.9 Å². The minimum absolute atomic E-state index is 0.0454. The average Bonchev–Trinajstić information content (AvgIpc) is 2.73. The highest BCUT2D eigenvalue weighted by molar-refractivity contribution is 7.89. The Kier molecular flexibility index (Phi) is 6.11. The monoisotopic (exact) mass is 436 g/mol.